The predicted molar refractivity (Wildman–Crippen MR) is 96.6 cm³/mol. The average molecular weight is 364 g/mol. The van der Waals surface area contributed by atoms with E-state index in [1.54, 1.807) is 28.4 Å². The van der Waals surface area contributed by atoms with Crippen LogP contribution in [0.5, 0.6) is 0 Å². The van der Waals surface area contributed by atoms with Gasteiger partial charge < -0.3 is 4.90 Å². The van der Waals surface area contributed by atoms with Gasteiger partial charge in [-0.05, 0) is 36.6 Å². The van der Waals surface area contributed by atoms with E-state index in [1.165, 1.54) is 18.2 Å². The maximum Gasteiger partial charge on any atom is 0.254 e. The minimum Gasteiger partial charge on any atom is -0.334 e. The van der Waals surface area contributed by atoms with Crippen LogP contribution in [0.1, 0.15) is 22.2 Å². The first-order valence-electron chi connectivity index (χ1n) is 7.50. The average Bonchev–Trinajstić information content (AvgIpc) is 3.10. The number of rotatable bonds is 8. The largest absolute Gasteiger partial charge is 0.334 e. The van der Waals surface area contributed by atoms with E-state index < -0.39 is 10.0 Å². The van der Waals surface area contributed by atoms with Crippen molar-refractivity contribution in [1.82, 2.24) is 9.62 Å². The maximum atomic E-state index is 12.7. The molecule has 0 aliphatic carbocycles. The first-order chi connectivity index (χ1) is 11.5. The van der Waals surface area contributed by atoms with Crippen molar-refractivity contribution in [2.75, 3.05) is 13.1 Å². The van der Waals surface area contributed by atoms with Crippen LogP contribution in [0.2, 0.25) is 0 Å². The fraction of sp³-hybridized carbons (Fsp3) is 0.235. The molecular formula is C17H20N2O3S2. The molecule has 1 N–H and O–H groups in total. The lowest BCUT2D eigenvalue weighted by Crippen LogP contribution is -2.30. The summed E-state index contributed by atoms with van der Waals surface area (Å²) in [5.41, 5.74) is 0.356. The van der Waals surface area contributed by atoms with Gasteiger partial charge in [0, 0.05) is 23.5 Å². The molecular weight excluding hydrogens is 344 g/mol. The van der Waals surface area contributed by atoms with E-state index in [1.807, 2.05) is 24.4 Å². The maximum absolute atomic E-state index is 12.7. The highest BCUT2D eigenvalue weighted by Crippen LogP contribution is 2.17. The zero-order chi connectivity index (χ0) is 17.6. The second kappa shape index (κ2) is 8.23. The van der Waals surface area contributed by atoms with Gasteiger partial charge in [-0.1, -0.05) is 18.2 Å². The normalized spacial score (nSPS) is 11.2. The molecule has 0 bridgehead atoms. The Hall–Kier alpha value is -1.96. The topological polar surface area (TPSA) is 66.5 Å². The van der Waals surface area contributed by atoms with E-state index in [2.05, 4.69) is 11.3 Å². The molecule has 0 saturated carbocycles. The van der Waals surface area contributed by atoms with E-state index in [9.17, 15) is 13.2 Å². The number of nitrogens with zero attached hydrogens (tertiary/aromatic N) is 1. The second-order valence-corrected chi connectivity index (χ2v) is 7.87. The number of hydrogen-bond acceptors (Lipinski definition) is 4. The molecule has 1 heterocycles. The predicted octanol–water partition coefficient (Wildman–Crippen LogP) is 2.87. The molecule has 1 amide bonds. The zero-order valence-corrected chi connectivity index (χ0v) is 15.1. The van der Waals surface area contributed by atoms with E-state index in [-0.39, 0.29) is 17.3 Å². The van der Waals surface area contributed by atoms with Crippen molar-refractivity contribution in [2.45, 2.75) is 18.4 Å². The Morgan fingerprint density at radius 3 is 2.75 bits per heavy atom. The summed E-state index contributed by atoms with van der Waals surface area (Å²) >= 11 is 1.59. The standard InChI is InChI=1S/C17H20N2O3S2/c1-3-10-18-24(21,22)16-9-5-7-14(12-16)17(20)19(4-2)13-15-8-6-11-23-15/h3,5-9,11-12,18H,1,4,10,13H2,2H3. The van der Waals surface area contributed by atoms with Crippen LogP contribution in [-0.2, 0) is 16.6 Å². The Kier molecular flexibility index (Phi) is 6.30. The van der Waals surface area contributed by atoms with Gasteiger partial charge in [0.15, 0.2) is 0 Å². The summed E-state index contributed by atoms with van der Waals surface area (Å²) in [6.45, 7) is 6.58. The van der Waals surface area contributed by atoms with Gasteiger partial charge in [0.25, 0.3) is 5.91 Å². The number of benzene rings is 1. The summed E-state index contributed by atoms with van der Waals surface area (Å²) in [4.78, 5) is 15.5. The van der Waals surface area contributed by atoms with Crippen LogP contribution >= 0.6 is 11.3 Å². The molecule has 7 heteroatoms. The minimum absolute atomic E-state index is 0.0716. The number of hydrogen-bond donors (Lipinski definition) is 1. The van der Waals surface area contributed by atoms with Gasteiger partial charge in [-0.25, -0.2) is 13.1 Å². The molecule has 0 aliphatic rings. The van der Waals surface area contributed by atoms with Gasteiger partial charge in [0.05, 0.1) is 11.4 Å². The Morgan fingerprint density at radius 2 is 2.12 bits per heavy atom. The van der Waals surface area contributed by atoms with E-state index in [0.717, 1.165) is 4.88 Å². The number of carbonyl (C=O) groups excluding carboxylic acids is 1. The number of carbonyl (C=O) groups is 1. The number of thiophene rings is 1. The van der Waals surface area contributed by atoms with Gasteiger partial charge in [0.1, 0.15) is 0 Å². The summed E-state index contributed by atoms with van der Waals surface area (Å²) in [6.07, 6.45) is 1.46. The first-order valence-corrected chi connectivity index (χ1v) is 9.86. The van der Waals surface area contributed by atoms with Crippen LogP contribution < -0.4 is 4.72 Å². The zero-order valence-electron chi connectivity index (χ0n) is 13.4. The molecule has 0 unspecified atom stereocenters. The Labute approximate surface area is 146 Å². The number of nitrogens with one attached hydrogen (secondary N) is 1. The lowest BCUT2D eigenvalue weighted by atomic mass is 10.2. The second-order valence-electron chi connectivity index (χ2n) is 5.07. The summed E-state index contributed by atoms with van der Waals surface area (Å²) < 4.78 is 26.8. The van der Waals surface area contributed by atoms with Crippen LogP contribution in [0.4, 0.5) is 0 Å². The molecule has 1 aromatic heterocycles. The van der Waals surface area contributed by atoms with E-state index in [0.29, 0.717) is 18.7 Å². The molecule has 0 fully saturated rings. The first kappa shape index (κ1) is 18.4. The van der Waals surface area contributed by atoms with E-state index >= 15 is 0 Å². The van der Waals surface area contributed by atoms with Gasteiger partial charge in [0.2, 0.25) is 10.0 Å². The van der Waals surface area contributed by atoms with Crippen LogP contribution in [0.3, 0.4) is 0 Å². The molecule has 0 spiro atoms. The number of sulfonamides is 1. The Bertz CT molecular complexity index is 799. The highest BCUT2D eigenvalue weighted by molar-refractivity contribution is 7.89. The van der Waals surface area contributed by atoms with Crippen molar-refractivity contribution in [2.24, 2.45) is 0 Å². The molecule has 2 rings (SSSR count). The highest BCUT2D eigenvalue weighted by Gasteiger charge is 2.19. The molecule has 1 aromatic carbocycles. The van der Waals surface area contributed by atoms with Crippen LogP contribution in [0, 0.1) is 0 Å². The molecule has 2 aromatic rings. The SMILES string of the molecule is C=CCNS(=O)(=O)c1cccc(C(=O)N(CC)Cc2cccs2)c1. The minimum atomic E-state index is -3.65. The van der Waals surface area contributed by atoms with Crippen molar-refractivity contribution in [1.29, 1.82) is 0 Å². The smallest absolute Gasteiger partial charge is 0.254 e. The van der Waals surface area contributed by atoms with Gasteiger partial charge in [-0.3, -0.25) is 4.79 Å². The molecule has 0 saturated heterocycles. The third kappa shape index (κ3) is 4.53. The van der Waals surface area contributed by atoms with Crippen molar-refractivity contribution in [3.63, 3.8) is 0 Å². The lowest BCUT2D eigenvalue weighted by molar-refractivity contribution is 0.0754. The molecule has 5 nitrogen and oxygen atoms in total. The molecule has 128 valence electrons. The summed E-state index contributed by atoms with van der Waals surface area (Å²) in [5, 5.41) is 1.96. The van der Waals surface area contributed by atoms with Gasteiger partial charge in [-0.15, -0.1) is 17.9 Å². The molecule has 0 radical (unpaired) electrons. The molecule has 24 heavy (non-hydrogen) atoms. The monoisotopic (exact) mass is 364 g/mol. The fourth-order valence-electron chi connectivity index (χ4n) is 2.15. The van der Waals surface area contributed by atoms with Crippen LogP contribution in [0.15, 0.2) is 59.3 Å². The summed E-state index contributed by atoms with van der Waals surface area (Å²) in [5.74, 6) is -0.188. The highest BCUT2D eigenvalue weighted by atomic mass is 32.2. The Morgan fingerprint density at radius 1 is 1.33 bits per heavy atom. The molecule has 0 aliphatic heterocycles. The quantitative estimate of drug-likeness (QED) is 0.733. The number of amides is 1. The Balaban J connectivity index is 2.23. The van der Waals surface area contributed by atoms with Gasteiger partial charge in [-0.2, -0.15) is 0 Å². The summed E-state index contributed by atoms with van der Waals surface area (Å²) in [6, 6.07) is 10.0. The third-order valence-electron chi connectivity index (χ3n) is 3.40. The summed E-state index contributed by atoms with van der Waals surface area (Å²) in [7, 11) is -3.65. The van der Waals surface area contributed by atoms with Crippen molar-refractivity contribution >= 4 is 27.3 Å². The van der Waals surface area contributed by atoms with Crippen LogP contribution in [-0.4, -0.2) is 32.3 Å². The fourth-order valence-corrected chi connectivity index (χ4v) is 3.91. The van der Waals surface area contributed by atoms with Gasteiger partial charge >= 0.3 is 0 Å². The third-order valence-corrected chi connectivity index (χ3v) is 5.69. The van der Waals surface area contributed by atoms with Crippen molar-refractivity contribution < 1.29 is 13.2 Å². The van der Waals surface area contributed by atoms with Crippen molar-refractivity contribution in [3.05, 3.63) is 64.9 Å². The van der Waals surface area contributed by atoms with Crippen LogP contribution in [0.25, 0.3) is 0 Å². The van der Waals surface area contributed by atoms with E-state index in [4.69, 9.17) is 0 Å². The lowest BCUT2D eigenvalue weighted by Gasteiger charge is -2.20. The molecule has 0 atom stereocenters. The van der Waals surface area contributed by atoms with Crippen molar-refractivity contribution in [3.8, 4) is 0 Å².